The quantitative estimate of drug-likeness (QED) is 0.349. The van der Waals surface area contributed by atoms with Crippen molar-refractivity contribution in [3.63, 3.8) is 0 Å². The molecule has 0 aliphatic heterocycles. The first kappa shape index (κ1) is 15.6. The predicted molar refractivity (Wildman–Crippen MR) is 82.1 cm³/mol. The number of rotatable bonds is 7. The zero-order valence-electron chi connectivity index (χ0n) is 11.2. The van der Waals surface area contributed by atoms with Gasteiger partial charge in [-0.15, -0.1) is 6.58 Å². The molecule has 0 unspecified atom stereocenters. The van der Waals surface area contributed by atoms with Gasteiger partial charge in [0.25, 0.3) is 0 Å². The Hall–Kier alpha value is -1.49. The molecule has 0 atom stereocenters. The van der Waals surface area contributed by atoms with Gasteiger partial charge in [-0.2, -0.15) is 11.8 Å². The largest absolute Gasteiger partial charge is 0.356 e. The van der Waals surface area contributed by atoms with Gasteiger partial charge in [-0.25, -0.2) is 4.39 Å². The van der Waals surface area contributed by atoms with Crippen LogP contribution in [0.3, 0.4) is 0 Å². The van der Waals surface area contributed by atoms with E-state index in [9.17, 15) is 4.39 Å². The van der Waals surface area contributed by atoms with Crippen molar-refractivity contribution < 1.29 is 4.39 Å². The van der Waals surface area contributed by atoms with E-state index in [0.29, 0.717) is 6.54 Å². The molecule has 0 aliphatic rings. The molecule has 104 valence electrons. The van der Waals surface area contributed by atoms with E-state index in [4.69, 9.17) is 0 Å². The van der Waals surface area contributed by atoms with Crippen LogP contribution >= 0.6 is 11.8 Å². The summed E-state index contributed by atoms with van der Waals surface area (Å²) in [5.41, 5.74) is 0.893. The molecule has 19 heavy (non-hydrogen) atoms. The van der Waals surface area contributed by atoms with Crippen molar-refractivity contribution in [3.05, 3.63) is 48.3 Å². The zero-order chi connectivity index (χ0) is 13.9. The van der Waals surface area contributed by atoms with Crippen molar-refractivity contribution >= 4 is 17.7 Å². The summed E-state index contributed by atoms with van der Waals surface area (Å²) in [6, 6.07) is 6.53. The van der Waals surface area contributed by atoms with Crippen LogP contribution in [0.1, 0.15) is 5.56 Å². The normalized spacial score (nSPS) is 11.2. The highest BCUT2D eigenvalue weighted by Gasteiger charge is 1.98. The van der Waals surface area contributed by atoms with Crippen LogP contribution in [0.2, 0.25) is 0 Å². The summed E-state index contributed by atoms with van der Waals surface area (Å²) in [6.45, 7) is 5.06. The van der Waals surface area contributed by atoms with Crippen molar-refractivity contribution in [2.75, 3.05) is 25.1 Å². The first-order chi connectivity index (χ1) is 9.26. The third-order valence-electron chi connectivity index (χ3n) is 2.35. The average Bonchev–Trinajstić information content (AvgIpc) is 2.42. The van der Waals surface area contributed by atoms with Crippen molar-refractivity contribution in [3.8, 4) is 0 Å². The lowest BCUT2D eigenvalue weighted by molar-refractivity contribution is 0.624. The van der Waals surface area contributed by atoms with Gasteiger partial charge in [0.1, 0.15) is 5.82 Å². The lowest BCUT2D eigenvalue weighted by atomic mass is 10.2. The number of aliphatic imine (C=N–C) groups is 1. The number of benzene rings is 1. The maximum atomic E-state index is 13.0. The van der Waals surface area contributed by atoms with Gasteiger partial charge in [-0.05, 0) is 17.7 Å². The van der Waals surface area contributed by atoms with Gasteiger partial charge < -0.3 is 10.6 Å². The lowest BCUT2D eigenvalue weighted by Gasteiger charge is -2.11. The smallest absolute Gasteiger partial charge is 0.191 e. The maximum Gasteiger partial charge on any atom is 0.191 e. The van der Waals surface area contributed by atoms with Crippen LogP contribution in [0.5, 0.6) is 0 Å². The van der Waals surface area contributed by atoms with Gasteiger partial charge >= 0.3 is 0 Å². The minimum absolute atomic E-state index is 0.219. The summed E-state index contributed by atoms with van der Waals surface area (Å²) in [6.07, 6.45) is 1.89. The van der Waals surface area contributed by atoms with E-state index < -0.39 is 0 Å². The Morgan fingerprint density at radius 3 is 3.00 bits per heavy atom. The van der Waals surface area contributed by atoms with Gasteiger partial charge in [-0.3, -0.25) is 4.99 Å². The second-order valence-electron chi connectivity index (χ2n) is 3.85. The minimum atomic E-state index is -0.219. The van der Waals surface area contributed by atoms with Gasteiger partial charge in [0.15, 0.2) is 5.96 Å². The molecule has 0 saturated carbocycles. The van der Waals surface area contributed by atoms with Crippen LogP contribution in [-0.4, -0.2) is 31.1 Å². The standard InChI is InChI=1S/C14H20FN3S/c1-3-8-19-9-7-17-14(16-2)18-11-12-5-4-6-13(15)10-12/h3-6,10H,1,7-9,11H2,2H3,(H2,16,17,18). The second kappa shape index (κ2) is 9.44. The van der Waals surface area contributed by atoms with Crippen LogP contribution in [0.15, 0.2) is 41.9 Å². The van der Waals surface area contributed by atoms with Gasteiger partial charge in [0.2, 0.25) is 0 Å². The molecule has 0 heterocycles. The fourth-order valence-corrected chi connectivity index (χ4v) is 2.04. The van der Waals surface area contributed by atoms with Crippen molar-refractivity contribution in [1.82, 2.24) is 10.6 Å². The molecule has 0 saturated heterocycles. The number of hydrogen-bond acceptors (Lipinski definition) is 2. The van der Waals surface area contributed by atoms with E-state index in [-0.39, 0.29) is 5.82 Å². The summed E-state index contributed by atoms with van der Waals surface area (Å²) < 4.78 is 13.0. The number of hydrogen-bond donors (Lipinski definition) is 2. The molecule has 1 aromatic carbocycles. The monoisotopic (exact) mass is 281 g/mol. The van der Waals surface area contributed by atoms with E-state index in [2.05, 4.69) is 22.2 Å². The molecule has 0 radical (unpaired) electrons. The van der Waals surface area contributed by atoms with Crippen LogP contribution < -0.4 is 10.6 Å². The highest BCUT2D eigenvalue weighted by molar-refractivity contribution is 7.99. The summed E-state index contributed by atoms with van der Waals surface area (Å²) in [5, 5.41) is 6.35. The van der Waals surface area contributed by atoms with Crippen LogP contribution in [-0.2, 0) is 6.54 Å². The van der Waals surface area contributed by atoms with Crippen molar-refractivity contribution in [2.24, 2.45) is 4.99 Å². The Bertz CT molecular complexity index is 421. The van der Waals surface area contributed by atoms with E-state index in [1.54, 1.807) is 13.1 Å². The molecule has 3 nitrogen and oxygen atoms in total. The molecule has 0 bridgehead atoms. The number of nitrogens with one attached hydrogen (secondary N) is 2. The van der Waals surface area contributed by atoms with Crippen molar-refractivity contribution in [2.45, 2.75) is 6.54 Å². The molecular weight excluding hydrogens is 261 g/mol. The fraction of sp³-hybridized carbons (Fsp3) is 0.357. The number of nitrogens with zero attached hydrogens (tertiary/aromatic N) is 1. The Morgan fingerprint density at radius 2 is 2.32 bits per heavy atom. The van der Waals surface area contributed by atoms with Crippen LogP contribution in [0.4, 0.5) is 4.39 Å². The van der Waals surface area contributed by atoms with Crippen LogP contribution in [0, 0.1) is 5.82 Å². The molecule has 0 aromatic heterocycles. The fourth-order valence-electron chi connectivity index (χ4n) is 1.46. The topological polar surface area (TPSA) is 36.4 Å². The van der Waals surface area contributed by atoms with Crippen molar-refractivity contribution in [1.29, 1.82) is 0 Å². The minimum Gasteiger partial charge on any atom is -0.356 e. The molecule has 1 rings (SSSR count). The van der Waals surface area contributed by atoms with Crippen LogP contribution in [0.25, 0.3) is 0 Å². The lowest BCUT2D eigenvalue weighted by Crippen LogP contribution is -2.37. The molecule has 0 aliphatic carbocycles. The first-order valence-electron chi connectivity index (χ1n) is 6.14. The third kappa shape index (κ3) is 6.86. The number of guanidine groups is 1. The van der Waals surface area contributed by atoms with E-state index >= 15 is 0 Å². The summed E-state index contributed by atoms with van der Waals surface area (Å²) in [5.74, 6) is 2.45. The summed E-state index contributed by atoms with van der Waals surface area (Å²) in [7, 11) is 1.72. The Labute approximate surface area is 118 Å². The highest BCUT2D eigenvalue weighted by Crippen LogP contribution is 2.02. The van der Waals surface area contributed by atoms with E-state index in [0.717, 1.165) is 29.6 Å². The molecule has 0 amide bonds. The second-order valence-corrected chi connectivity index (χ2v) is 5.00. The molecular formula is C14H20FN3S. The van der Waals surface area contributed by atoms with Gasteiger partial charge in [-0.1, -0.05) is 18.2 Å². The number of thioether (sulfide) groups is 1. The maximum absolute atomic E-state index is 13.0. The molecule has 2 N–H and O–H groups in total. The summed E-state index contributed by atoms with van der Waals surface area (Å²) in [4.78, 5) is 4.11. The molecule has 5 heteroatoms. The summed E-state index contributed by atoms with van der Waals surface area (Å²) >= 11 is 1.81. The Kier molecular flexibility index (Phi) is 7.74. The first-order valence-corrected chi connectivity index (χ1v) is 7.29. The Morgan fingerprint density at radius 1 is 1.47 bits per heavy atom. The average molecular weight is 281 g/mol. The third-order valence-corrected chi connectivity index (χ3v) is 3.31. The van der Waals surface area contributed by atoms with Gasteiger partial charge in [0.05, 0.1) is 0 Å². The molecule has 1 aromatic rings. The molecule has 0 spiro atoms. The van der Waals surface area contributed by atoms with E-state index in [1.165, 1.54) is 12.1 Å². The highest BCUT2D eigenvalue weighted by atomic mass is 32.2. The Balaban J connectivity index is 2.27. The molecule has 0 fully saturated rings. The zero-order valence-corrected chi connectivity index (χ0v) is 12.0. The SMILES string of the molecule is C=CCSCCNC(=NC)NCc1cccc(F)c1. The predicted octanol–water partition coefficient (Wildman–Crippen LogP) is 2.41. The number of halogens is 1. The van der Waals surface area contributed by atoms with Gasteiger partial charge in [0, 0.05) is 31.6 Å². The van der Waals surface area contributed by atoms with E-state index in [1.807, 2.05) is 23.9 Å².